The molecule has 5 heteroatoms. The van der Waals surface area contributed by atoms with E-state index >= 15 is 0 Å². The van der Waals surface area contributed by atoms with E-state index in [4.69, 9.17) is 0 Å². The number of carbonyl (C=O) groups excluding carboxylic acids is 4. The van der Waals surface area contributed by atoms with Gasteiger partial charge in [-0.05, 0) is 57.7 Å². The second kappa shape index (κ2) is 13.1. The van der Waals surface area contributed by atoms with E-state index in [1.807, 2.05) is 20.8 Å². The molecule has 4 nitrogen and oxygen atoms in total. The zero-order valence-electron chi connectivity index (χ0n) is 18.9. The van der Waals surface area contributed by atoms with E-state index in [9.17, 15) is 23.6 Å². The maximum Gasteiger partial charge on any atom is 0.166 e. The van der Waals surface area contributed by atoms with Crippen LogP contribution >= 0.6 is 0 Å². The van der Waals surface area contributed by atoms with Crippen molar-refractivity contribution in [3.8, 4) is 0 Å². The van der Waals surface area contributed by atoms with Crippen LogP contribution in [0.2, 0.25) is 0 Å². The second-order valence-electron chi connectivity index (χ2n) is 7.72. The molecule has 162 valence electrons. The van der Waals surface area contributed by atoms with Gasteiger partial charge in [-0.1, -0.05) is 27.7 Å². The topological polar surface area (TPSA) is 68.3 Å². The van der Waals surface area contributed by atoms with Crippen LogP contribution < -0.4 is 0 Å². The highest BCUT2D eigenvalue weighted by Gasteiger charge is 2.20. The van der Waals surface area contributed by atoms with Crippen molar-refractivity contribution >= 4 is 23.1 Å². The molecule has 1 rings (SSSR count). The lowest BCUT2D eigenvalue weighted by molar-refractivity contribution is -0.121. The summed E-state index contributed by atoms with van der Waals surface area (Å²) < 4.78 is 13.5. The molecule has 0 heterocycles. The summed E-state index contributed by atoms with van der Waals surface area (Å²) in [6.07, 6.45) is 3.52. The summed E-state index contributed by atoms with van der Waals surface area (Å²) in [7, 11) is 0. The van der Waals surface area contributed by atoms with Gasteiger partial charge in [0.1, 0.15) is 17.4 Å². The highest BCUT2D eigenvalue weighted by Crippen LogP contribution is 2.20. The first-order valence-electron chi connectivity index (χ1n) is 10.3. The molecule has 0 spiro atoms. The third-order valence-electron chi connectivity index (χ3n) is 5.08. The van der Waals surface area contributed by atoms with Crippen LogP contribution in [0.1, 0.15) is 99.9 Å². The predicted molar refractivity (Wildman–Crippen MR) is 114 cm³/mol. The lowest BCUT2D eigenvalue weighted by Crippen LogP contribution is -2.15. The van der Waals surface area contributed by atoms with Crippen LogP contribution in [0.15, 0.2) is 12.1 Å². The van der Waals surface area contributed by atoms with Gasteiger partial charge in [-0.15, -0.1) is 0 Å². The second-order valence-corrected chi connectivity index (χ2v) is 7.72. The van der Waals surface area contributed by atoms with Gasteiger partial charge >= 0.3 is 0 Å². The van der Waals surface area contributed by atoms with E-state index in [1.54, 1.807) is 20.8 Å². The largest absolute Gasteiger partial charge is 0.300 e. The summed E-state index contributed by atoms with van der Waals surface area (Å²) in [6, 6.07) is 2.63. The Labute approximate surface area is 174 Å². The first-order chi connectivity index (χ1) is 13.5. The fourth-order valence-electron chi connectivity index (χ4n) is 2.61. The molecule has 29 heavy (non-hydrogen) atoms. The minimum atomic E-state index is -0.443. The molecular weight excluding hydrogens is 371 g/mol. The van der Waals surface area contributed by atoms with E-state index in [2.05, 4.69) is 0 Å². The Morgan fingerprint density at radius 1 is 0.931 bits per heavy atom. The van der Waals surface area contributed by atoms with Gasteiger partial charge in [0.05, 0.1) is 0 Å². The first-order valence-corrected chi connectivity index (χ1v) is 10.3. The molecule has 0 aromatic heterocycles. The number of aryl methyl sites for hydroxylation is 1. The van der Waals surface area contributed by atoms with Gasteiger partial charge in [0.25, 0.3) is 0 Å². The number of benzene rings is 1. The van der Waals surface area contributed by atoms with Gasteiger partial charge in [-0.3, -0.25) is 19.2 Å². The Morgan fingerprint density at radius 2 is 1.52 bits per heavy atom. The number of carbonyl (C=O) groups is 4. The van der Waals surface area contributed by atoms with E-state index in [0.29, 0.717) is 36.8 Å². The van der Waals surface area contributed by atoms with Crippen molar-refractivity contribution in [1.29, 1.82) is 0 Å². The highest BCUT2D eigenvalue weighted by molar-refractivity contribution is 6.08. The molecule has 0 fully saturated rings. The third kappa shape index (κ3) is 9.25. The summed E-state index contributed by atoms with van der Waals surface area (Å²) >= 11 is 0. The standard InChI is InChI=1S/C14H17FO2.C10H18O2/c1-5-8(2)14(17)12-7-13(15)9(3)6-11(12)10(4)16;1-4-5-10(12)7-6-8(2)9(3)11/h6-8H,5H2,1-4H3;8H,4-7H2,1-3H3. The number of halogens is 1. The predicted octanol–water partition coefficient (Wildman–Crippen LogP) is 5.93. The Morgan fingerprint density at radius 3 is 1.97 bits per heavy atom. The SMILES string of the molecule is CCC(C)C(=O)c1cc(F)c(C)cc1C(C)=O.CCCC(=O)CCC(C)C(C)=O. The maximum atomic E-state index is 13.5. The molecule has 0 N–H and O–H groups in total. The Hall–Kier alpha value is -2.17. The molecule has 0 aliphatic rings. The minimum Gasteiger partial charge on any atom is -0.300 e. The van der Waals surface area contributed by atoms with Crippen LogP contribution in [0, 0.1) is 24.6 Å². The van der Waals surface area contributed by atoms with Gasteiger partial charge in [0, 0.05) is 35.8 Å². The van der Waals surface area contributed by atoms with Gasteiger partial charge < -0.3 is 0 Å². The van der Waals surface area contributed by atoms with E-state index in [1.165, 1.54) is 19.1 Å². The normalized spacial score (nSPS) is 12.4. The summed E-state index contributed by atoms with van der Waals surface area (Å²) in [6.45, 7) is 12.1. The van der Waals surface area contributed by atoms with Gasteiger partial charge in [-0.2, -0.15) is 0 Å². The van der Waals surface area contributed by atoms with E-state index in [0.717, 1.165) is 6.42 Å². The van der Waals surface area contributed by atoms with Gasteiger partial charge in [0.15, 0.2) is 11.6 Å². The van der Waals surface area contributed by atoms with Crippen molar-refractivity contribution in [3.63, 3.8) is 0 Å². The van der Waals surface area contributed by atoms with Gasteiger partial charge in [-0.25, -0.2) is 4.39 Å². The Bertz CT molecular complexity index is 737. The van der Waals surface area contributed by atoms with Crippen LogP contribution in [0.25, 0.3) is 0 Å². The third-order valence-corrected chi connectivity index (χ3v) is 5.08. The highest BCUT2D eigenvalue weighted by atomic mass is 19.1. The molecule has 0 amide bonds. The lowest BCUT2D eigenvalue weighted by atomic mass is 9.91. The first kappa shape index (κ1) is 26.8. The number of hydrogen-bond acceptors (Lipinski definition) is 4. The zero-order valence-corrected chi connectivity index (χ0v) is 18.9. The van der Waals surface area contributed by atoms with Crippen LogP contribution in [0.5, 0.6) is 0 Å². The zero-order chi connectivity index (χ0) is 22.7. The smallest absolute Gasteiger partial charge is 0.166 e. The van der Waals surface area contributed by atoms with Crippen molar-refractivity contribution in [3.05, 3.63) is 34.6 Å². The number of hydrogen-bond donors (Lipinski definition) is 0. The lowest BCUT2D eigenvalue weighted by Gasteiger charge is -2.12. The molecular formula is C24H35FO4. The molecule has 1 aromatic carbocycles. The van der Waals surface area contributed by atoms with Crippen molar-refractivity contribution in [2.24, 2.45) is 11.8 Å². The summed E-state index contributed by atoms with van der Waals surface area (Å²) in [5, 5.41) is 0. The van der Waals surface area contributed by atoms with Crippen molar-refractivity contribution in [1.82, 2.24) is 0 Å². The average Bonchev–Trinajstić information content (AvgIpc) is 2.67. The van der Waals surface area contributed by atoms with Crippen molar-refractivity contribution in [2.45, 2.75) is 80.6 Å². The molecule has 1 aromatic rings. The van der Waals surface area contributed by atoms with E-state index < -0.39 is 5.82 Å². The molecule has 0 aliphatic heterocycles. The van der Waals surface area contributed by atoms with Crippen LogP contribution in [0.4, 0.5) is 4.39 Å². The molecule has 2 unspecified atom stereocenters. The van der Waals surface area contributed by atoms with Crippen molar-refractivity contribution in [2.75, 3.05) is 0 Å². The number of rotatable bonds is 10. The molecule has 0 saturated heterocycles. The quantitative estimate of drug-likeness (QED) is 0.452. The molecule has 2 atom stereocenters. The van der Waals surface area contributed by atoms with Crippen LogP contribution in [-0.2, 0) is 9.59 Å². The average molecular weight is 407 g/mol. The monoisotopic (exact) mass is 406 g/mol. The summed E-state index contributed by atoms with van der Waals surface area (Å²) in [5.41, 5.74) is 0.903. The Balaban J connectivity index is 0.000000578. The summed E-state index contributed by atoms with van der Waals surface area (Å²) in [4.78, 5) is 45.4. The van der Waals surface area contributed by atoms with Crippen LogP contribution in [-0.4, -0.2) is 23.1 Å². The number of ketones is 4. The number of Topliss-reactive ketones (excluding diaryl/α,β-unsaturated/α-hetero) is 4. The van der Waals surface area contributed by atoms with Crippen molar-refractivity contribution < 1.29 is 23.6 Å². The molecule has 0 bridgehead atoms. The maximum absolute atomic E-state index is 13.5. The Kier molecular flexibility index (Phi) is 12.1. The fourth-order valence-corrected chi connectivity index (χ4v) is 2.61. The molecule has 0 radical (unpaired) electrons. The molecule has 0 aliphatic carbocycles. The van der Waals surface area contributed by atoms with E-state index in [-0.39, 0.29) is 40.5 Å². The summed E-state index contributed by atoms with van der Waals surface area (Å²) in [5.74, 6) is -0.510. The minimum absolute atomic E-state index is 0.0470. The van der Waals surface area contributed by atoms with Crippen LogP contribution in [0.3, 0.4) is 0 Å². The van der Waals surface area contributed by atoms with Gasteiger partial charge in [0.2, 0.25) is 0 Å². The fraction of sp³-hybridized carbons (Fsp3) is 0.583. The molecule has 0 saturated carbocycles.